The smallest absolute Gasteiger partial charge is 0.438 e. The molecule has 0 aliphatic rings. The second-order valence-corrected chi connectivity index (χ2v) is 7.57. The van der Waals surface area contributed by atoms with E-state index in [-0.39, 0.29) is 17.5 Å². The number of carbonyl (C=O) groups excluding carboxylic acids is 1. The summed E-state index contributed by atoms with van der Waals surface area (Å²) < 4.78 is 52.1. The quantitative estimate of drug-likeness (QED) is 0.576. The summed E-state index contributed by atoms with van der Waals surface area (Å²) in [6, 6.07) is 6.51. The van der Waals surface area contributed by atoms with Gasteiger partial charge in [-0.2, -0.15) is 13.2 Å². The highest BCUT2D eigenvalue weighted by Gasteiger charge is 2.39. The van der Waals surface area contributed by atoms with Crippen molar-refractivity contribution < 1.29 is 27.4 Å². The predicted molar refractivity (Wildman–Crippen MR) is 118 cm³/mol. The van der Waals surface area contributed by atoms with Crippen LogP contribution in [0, 0.1) is 13.8 Å². The molecule has 3 rings (SSSR count). The summed E-state index contributed by atoms with van der Waals surface area (Å²) in [7, 11) is 2.89. The van der Waals surface area contributed by atoms with Gasteiger partial charge in [0, 0.05) is 23.9 Å². The maximum absolute atomic E-state index is 13.6. The van der Waals surface area contributed by atoms with Crippen molar-refractivity contribution in [1.29, 1.82) is 0 Å². The number of benzene rings is 2. The molecule has 0 spiro atoms. The molecule has 0 aliphatic carbocycles. The van der Waals surface area contributed by atoms with Crippen molar-refractivity contribution in [2.75, 3.05) is 19.5 Å². The lowest BCUT2D eigenvalue weighted by Gasteiger charge is -2.22. The molecule has 1 amide bonds. The lowest BCUT2D eigenvalue weighted by molar-refractivity contribution is -0.142. The summed E-state index contributed by atoms with van der Waals surface area (Å²) in [5.41, 5.74) is -1.01. The minimum absolute atomic E-state index is 0.0145. The highest BCUT2D eigenvalue weighted by Crippen LogP contribution is 2.30. The molecule has 7 nitrogen and oxygen atoms in total. The third-order valence-corrected chi connectivity index (χ3v) is 5.39. The Hall–Kier alpha value is -3.56. The van der Waals surface area contributed by atoms with Crippen LogP contribution in [0.3, 0.4) is 0 Å². The average molecular weight is 463 g/mol. The van der Waals surface area contributed by atoms with Crippen LogP contribution in [0.2, 0.25) is 0 Å². The van der Waals surface area contributed by atoms with Crippen molar-refractivity contribution in [2.45, 2.75) is 39.4 Å². The number of aryl methyl sites for hydroxylation is 2. The second kappa shape index (κ2) is 9.13. The van der Waals surface area contributed by atoms with E-state index in [2.05, 4.69) is 10.3 Å². The predicted octanol–water partition coefficient (Wildman–Crippen LogP) is 4.64. The number of nitrogens with one attached hydrogen (secondary N) is 1. The van der Waals surface area contributed by atoms with Crippen LogP contribution in [0.15, 0.2) is 35.1 Å². The number of alkyl halides is 3. The van der Waals surface area contributed by atoms with Gasteiger partial charge in [-0.05, 0) is 43.5 Å². The number of halogens is 3. The molecule has 0 bridgehead atoms. The summed E-state index contributed by atoms with van der Waals surface area (Å²) in [4.78, 5) is 29.7. The molecule has 2 aromatic carbocycles. The standard InChI is InChI=1S/C23H24F3N3O4/c1-6-18(21(30)27-14-9-15(32-4)11-16(10-14)33-5)29-19-8-13(3)12(2)7-17(19)28-20(22(29)31)23(24,25)26/h7-11,18H,6H2,1-5H3,(H,27,30)/t18-/m0/s1. The van der Waals surface area contributed by atoms with Gasteiger partial charge in [0.2, 0.25) is 11.6 Å². The van der Waals surface area contributed by atoms with Gasteiger partial charge in [-0.3, -0.25) is 14.2 Å². The number of hydrogen-bond donors (Lipinski definition) is 1. The number of methoxy groups -OCH3 is 2. The zero-order valence-corrected chi connectivity index (χ0v) is 18.8. The monoisotopic (exact) mass is 463 g/mol. The van der Waals surface area contributed by atoms with Crippen molar-refractivity contribution >= 4 is 22.6 Å². The van der Waals surface area contributed by atoms with E-state index in [0.29, 0.717) is 22.7 Å². The van der Waals surface area contributed by atoms with Crippen LogP contribution in [0.1, 0.15) is 36.2 Å². The van der Waals surface area contributed by atoms with E-state index in [4.69, 9.17) is 9.47 Å². The van der Waals surface area contributed by atoms with Crippen LogP contribution in [0.4, 0.5) is 18.9 Å². The van der Waals surface area contributed by atoms with E-state index in [1.165, 1.54) is 32.4 Å². The maximum Gasteiger partial charge on any atom is 0.438 e. The maximum atomic E-state index is 13.6. The van der Waals surface area contributed by atoms with E-state index in [0.717, 1.165) is 10.1 Å². The molecule has 33 heavy (non-hydrogen) atoms. The first-order chi connectivity index (χ1) is 15.5. The topological polar surface area (TPSA) is 82.5 Å². The Morgan fingerprint density at radius 1 is 1.06 bits per heavy atom. The summed E-state index contributed by atoms with van der Waals surface area (Å²) in [5, 5.41) is 2.66. The van der Waals surface area contributed by atoms with Gasteiger partial charge in [-0.1, -0.05) is 6.92 Å². The van der Waals surface area contributed by atoms with Crippen LogP contribution in [-0.2, 0) is 11.0 Å². The third kappa shape index (κ3) is 4.79. The molecule has 176 valence electrons. The van der Waals surface area contributed by atoms with Crippen molar-refractivity contribution in [1.82, 2.24) is 9.55 Å². The summed E-state index contributed by atoms with van der Waals surface area (Å²) in [5.74, 6) is 0.165. The molecule has 1 atom stereocenters. The number of fused-ring (bicyclic) bond motifs is 1. The molecule has 0 aliphatic heterocycles. The normalized spacial score (nSPS) is 12.5. The third-order valence-electron chi connectivity index (χ3n) is 5.39. The molecule has 0 unspecified atom stereocenters. The molecule has 0 saturated heterocycles. The van der Waals surface area contributed by atoms with Crippen molar-refractivity contribution in [3.05, 3.63) is 57.5 Å². The Morgan fingerprint density at radius 2 is 1.64 bits per heavy atom. The van der Waals surface area contributed by atoms with Crippen molar-refractivity contribution in [3.8, 4) is 11.5 Å². The van der Waals surface area contributed by atoms with Crippen molar-refractivity contribution in [2.24, 2.45) is 0 Å². The number of aromatic nitrogens is 2. The molecule has 1 N–H and O–H groups in total. The van der Waals surface area contributed by atoms with Gasteiger partial charge >= 0.3 is 6.18 Å². The van der Waals surface area contributed by atoms with Crippen LogP contribution in [-0.4, -0.2) is 29.7 Å². The number of hydrogen-bond acceptors (Lipinski definition) is 5. The first-order valence-corrected chi connectivity index (χ1v) is 10.1. The minimum Gasteiger partial charge on any atom is -0.497 e. The van der Waals surface area contributed by atoms with Crippen LogP contribution in [0.5, 0.6) is 11.5 Å². The molecule has 1 aromatic heterocycles. The summed E-state index contributed by atoms with van der Waals surface area (Å²) >= 11 is 0. The summed E-state index contributed by atoms with van der Waals surface area (Å²) in [6.07, 6.45) is -4.91. The van der Waals surface area contributed by atoms with Gasteiger partial charge in [-0.25, -0.2) is 4.98 Å². The lowest BCUT2D eigenvalue weighted by atomic mass is 10.1. The number of carbonyl (C=O) groups is 1. The van der Waals surface area contributed by atoms with Crippen LogP contribution >= 0.6 is 0 Å². The Bertz CT molecular complexity index is 1250. The van der Waals surface area contributed by atoms with Gasteiger partial charge in [0.25, 0.3) is 5.56 Å². The van der Waals surface area contributed by atoms with E-state index in [9.17, 15) is 22.8 Å². The highest BCUT2D eigenvalue weighted by atomic mass is 19.4. The zero-order chi connectivity index (χ0) is 24.5. The van der Waals surface area contributed by atoms with E-state index < -0.39 is 29.4 Å². The first-order valence-electron chi connectivity index (χ1n) is 10.1. The zero-order valence-electron chi connectivity index (χ0n) is 18.8. The van der Waals surface area contributed by atoms with E-state index in [1.54, 1.807) is 32.9 Å². The molecular formula is C23H24F3N3O4. The average Bonchev–Trinajstić information content (AvgIpc) is 2.75. The molecule has 0 fully saturated rings. The first kappa shape index (κ1) is 24.1. The number of anilines is 1. The van der Waals surface area contributed by atoms with Crippen LogP contribution in [0.25, 0.3) is 11.0 Å². The Kier molecular flexibility index (Phi) is 6.66. The van der Waals surface area contributed by atoms with Gasteiger partial charge < -0.3 is 14.8 Å². The van der Waals surface area contributed by atoms with Crippen molar-refractivity contribution in [3.63, 3.8) is 0 Å². The number of amides is 1. The summed E-state index contributed by atoms with van der Waals surface area (Å²) in [6.45, 7) is 5.12. The number of ether oxygens (including phenoxy) is 2. The fourth-order valence-corrected chi connectivity index (χ4v) is 3.54. The van der Waals surface area contributed by atoms with E-state index in [1.807, 2.05) is 0 Å². The van der Waals surface area contributed by atoms with Gasteiger partial charge in [0.15, 0.2) is 0 Å². The van der Waals surface area contributed by atoms with Crippen LogP contribution < -0.4 is 20.3 Å². The number of rotatable bonds is 6. The fraction of sp³-hybridized carbons (Fsp3) is 0.348. The van der Waals surface area contributed by atoms with Gasteiger partial charge in [0.1, 0.15) is 17.5 Å². The SMILES string of the molecule is CC[C@@H](C(=O)Nc1cc(OC)cc(OC)c1)n1c(=O)c(C(F)(F)F)nc2cc(C)c(C)cc21. The van der Waals surface area contributed by atoms with Gasteiger partial charge in [-0.15, -0.1) is 0 Å². The minimum atomic E-state index is -4.97. The molecule has 0 saturated carbocycles. The van der Waals surface area contributed by atoms with Gasteiger partial charge in [0.05, 0.1) is 25.3 Å². The molecule has 10 heteroatoms. The molecular weight excluding hydrogens is 439 g/mol. The largest absolute Gasteiger partial charge is 0.497 e. The molecule has 1 heterocycles. The number of nitrogens with zero attached hydrogens (tertiary/aromatic N) is 2. The Balaban J connectivity index is 2.18. The lowest BCUT2D eigenvalue weighted by Crippen LogP contribution is -2.37. The Labute approximate surface area is 188 Å². The fourth-order valence-electron chi connectivity index (χ4n) is 3.54. The van der Waals surface area contributed by atoms with E-state index >= 15 is 0 Å². The molecule has 3 aromatic rings. The Morgan fingerprint density at radius 3 is 2.15 bits per heavy atom. The highest BCUT2D eigenvalue weighted by molar-refractivity contribution is 5.95. The molecule has 0 radical (unpaired) electrons. The second-order valence-electron chi connectivity index (χ2n) is 7.57.